The Labute approximate surface area is 146 Å². The number of carbonyl (C=O) groups is 1. The molecule has 3 heterocycles. The Balaban J connectivity index is 0.00000156. The molecule has 0 aliphatic carbocycles. The Bertz CT molecular complexity index is 699. The van der Waals surface area contributed by atoms with E-state index < -0.39 is 0 Å². The molecule has 0 unspecified atom stereocenters. The van der Waals surface area contributed by atoms with Crippen molar-refractivity contribution >= 4 is 29.9 Å². The molecule has 3 atom stereocenters. The zero-order chi connectivity index (χ0) is 15.1. The van der Waals surface area contributed by atoms with E-state index >= 15 is 0 Å². The van der Waals surface area contributed by atoms with E-state index in [4.69, 9.17) is 16.0 Å². The molecule has 1 amide bonds. The average molecular weight is 353 g/mol. The van der Waals surface area contributed by atoms with E-state index in [-0.39, 0.29) is 24.4 Å². The molecule has 2 aromatic rings. The number of hydrogen-bond acceptors (Lipinski definition) is 3. The maximum atomic E-state index is 12.3. The third-order valence-corrected chi connectivity index (χ3v) is 4.83. The molecule has 2 aliphatic heterocycles. The van der Waals surface area contributed by atoms with Gasteiger partial charge in [0.15, 0.2) is 5.76 Å². The first-order valence-corrected chi connectivity index (χ1v) is 7.99. The van der Waals surface area contributed by atoms with E-state index in [9.17, 15) is 4.79 Å². The van der Waals surface area contributed by atoms with Crippen molar-refractivity contribution in [3.63, 3.8) is 0 Å². The lowest BCUT2D eigenvalue weighted by Crippen LogP contribution is -2.42. The highest BCUT2D eigenvalue weighted by Crippen LogP contribution is 2.29. The number of nitrogens with one attached hydrogen (secondary N) is 2. The van der Waals surface area contributed by atoms with Crippen LogP contribution in [0.2, 0.25) is 5.02 Å². The van der Waals surface area contributed by atoms with Crippen LogP contribution in [-0.4, -0.2) is 24.0 Å². The van der Waals surface area contributed by atoms with E-state index in [2.05, 4.69) is 10.6 Å². The summed E-state index contributed by atoms with van der Waals surface area (Å²) in [5, 5.41) is 7.28. The highest BCUT2D eigenvalue weighted by molar-refractivity contribution is 6.30. The topological polar surface area (TPSA) is 54.3 Å². The van der Waals surface area contributed by atoms with E-state index in [1.807, 2.05) is 18.2 Å². The van der Waals surface area contributed by atoms with Crippen molar-refractivity contribution < 1.29 is 9.21 Å². The molecule has 2 bridgehead atoms. The fraction of sp³-hybridized carbons (Fsp3) is 0.353. The van der Waals surface area contributed by atoms with Crippen LogP contribution in [0.25, 0.3) is 11.3 Å². The molecule has 4 rings (SSSR count). The summed E-state index contributed by atoms with van der Waals surface area (Å²) in [5.41, 5.74) is 0.907. The van der Waals surface area contributed by atoms with Crippen molar-refractivity contribution in [2.24, 2.45) is 0 Å². The number of carbonyl (C=O) groups excluding carboxylic acids is 1. The molecule has 2 fully saturated rings. The number of benzene rings is 1. The van der Waals surface area contributed by atoms with Crippen molar-refractivity contribution in [1.29, 1.82) is 0 Å². The van der Waals surface area contributed by atoms with Crippen molar-refractivity contribution in [2.45, 2.75) is 37.4 Å². The standard InChI is InChI=1S/C17H17ClN2O2.ClH/c18-11-3-1-10(2-4-11)15-7-8-16(22-15)17(21)20-14-9-12-5-6-13(14)19-12;/h1-4,7-8,12-14,19H,5-6,9H2,(H,20,21);1H/t12-,13+,14-;/m1./s1. The van der Waals surface area contributed by atoms with Gasteiger partial charge in [-0.25, -0.2) is 0 Å². The van der Waals surface area contributed by atoms with Gasteiger partial charge in [0, 0.05) is 28.7 Å². The first kappa shape index (κ1) is 16.4. The second kappa shape index (κ2) is 6.56. The largest absolute Gasteiger partial charge is 0.451 e. The molecule has 1 aromatic carbocycles. The van der Waals surface area contributed by atoms with Crippen LogP contribution in [0.4, 0.5) is 0 Å². The van der Waals surface area contributed by atoms with Crippen molar-refractivity contribution in [3.05, 3.63) is 47.2 Å². The maximum Gasteiger partial charge on any atom is 0.287 e. The minimum atomic E-state index is -0.139. The van der Waals surface area contributed by atoms with E-state index in [0.29, 0.717) is 28.6 Å². The van der Waals surface area contributed by atoms with Crippen LogP contribution in [0, 0.1) is 0 Å². The zero-order valence-electron chi connectivity index (χ0n) is 12.4. The molecule has 2 saturated heterocycles. The Kier molecular flexibility index (Phi) is 4.67. The van der Waals surface area contributed by atoms with Gasteiger partial charge in [-0.05, 0) is 55.7 Å². The van der Waals surface area contributed by atoms with Gasteiger partial charge in [-0.2, -0.15) is 0 Å². The summed E-state index contributed by atoms with van der Waals surface area (Å²) in [7, 11) is 0. The fourth-order valence-corrected chi connectivity index (χ4v) is 3.58. The van der Waals surface area contributed by atoms with E-state index in [1.165, 1.54) is 6.42 Å². The van der Waals surface area contributed by atoms with Crippen LogP contribution in [0.3, 0.4) is 0 Å². The molecule has 2 aliphatic rings. The average Bonchev–Trinajstić information content (AvgIpc) is 3.24. The third-order valence-electron chi connectivity index (χ3n) is 4.58. The quantitative estimate of drug-likeness (QED) is 0.886. The molecule has 0 radical (unpaired) electrons. The van der Waals surface area contributed by atoms with Gasteiger partial charge in [-0.15, -0.1) is 12.4 Å². The van der Waals surface area contributed by atoms with Crippen LogP contribution in [0.5, 0.6) is 0 Å². The lowest BCUT2D eigenvalue weighted by Gasteiger charge is -2.20. The first-order chi connectivity index (χ1) is 10.7. The fourth-order valence-electron chi connectivity index (χ4n) is 3.45. The molecule has 6 heteroatoms. The van der Waals surface area contributed by atoms with Crippen molar-refractivity contribution in [2.75, 3.05) is 0 Å². The molecule has 0 spiro atoms. The molecular weight excluding hydrogens is 335 g/mol. The second-order valence-electron chi connectivity index (χ2n) is 6.03. The van der Waals surface area contributed by atoms with E-state index in [0.717, 1.165) is 18.4 Å². The number of halogens is 2. The number of fused-ring (bicyclic) bond motifs is 2. The Morgan fingerprint density at radius 2 is 1.96 bits per heavy atom. The van der Waals surface area contributed by atoms with Gasteiger partial charge >= 0.3 is 0 Å². The van der Waals surface area contributed by atoms with Gasteiger partial charge in [0.05, 0.1) is 0 Å². The summed E-state index contributed by atoms with van der Waals surface area (Å²) >= 11 is 5.88. The summed E-state index contributed by atoms with van der Waals surface area (Å²) in [4.78, 5) is 12.3. The molecule has 1 aromatic heterocycles. The van der Waals surface area contributed by atoms with Gasteiger partial charge < -0.3 is 15.1 Å². The van der Waals surface area contributed by atoms with E-state index in [1.54, 1.807) is 18.2 Å². The summed E-state index contributed by atoms with van der Waals surface area (Å²) in [5.74, 6) is 0.889. The molecule has 0 saturated carbocycles. The lowest BCUT2D eigenvalue weighted by atomic mass is 9.95. The Morgan fingerprint density at radius 3 is 2.61 bits per heavy atom. The normalized spacial score (nSPS) is 25.2. The summed E-state index contributed by atoms with van der Waals surface area (Å²) < 4.78 is 5.69. The summed E-state index contributed by atoms with van der Waals surface area (Å²) in [6.45, 7) is 0. The van der Waals surface area contributed by atoms with Crippen LogP contribution in [0.1, 0.15) is 29.8 Å². The smallest absolute Gasteiger partial charge is 0.287 e. The Hall–Kier alpha value is -1.49. The monoisotopic (exact) mass is 352 g/mol. The summed E-state index contributed by atoms with van der Waals surface area (Å²) in [6.07, 6.45) is 3.38. The second-order valence-corrected chi connectivity index (χ2v) is 6.47. The highest BCUT2D eigenvalue weighted by atomic mass is 35.5. The summed E-state index contributed by atoms with van der Waals surface area (Å²) in [6, 6.07) is 12.1. The van der Waals surface area contributed by atoms with Crippen LogP contribution in [-0.2, 0) is 0 Å². The SMILES string of the molecule is Cl.O=C(N[C@@H]1C[C@H]2CC[C@@H]1N2)c1ccc(-c2ccc(Cl)cc2)o1. The van der Waals surface area contributed by atoms with Crippen molar-refractivity contribution in [3.8, 4) is 11.3 Å². The molecule has 122 valence electrons. The molecule has 2 N–H and O–H groups in total. The van der Waals surface area contributed by atoms with Crippen molar-refractivity contribution in [1.82, 2.24) is 10.6 Å². The van der Waals surface area contributed by atoms with Gasteiger partial charge in [-0.1, -0.05) is 11.6 Å². The first-order valence-electron chi connectivity index (χ1n) is 7.62. The predicted molar refractivity (Wildman–Crippen MR) is 92.2 cm³/mol. The van der Waals surface area contributed by atoms with Gasteiger partial charge in [0.25, 0.3) is 5.91 Å². The number of hydrogen-bond donors (Lipinski definition) is 2. The van der Waals surface area contributed by atoms with Crippen LogP contribution in [0.15, 0.2) is 40.8 Å². The molecule has 23 heavy (non-hydrogen) atoms. The molecular formula is C17H18Cl2N2O2. The number of amides is 1. The van der Waals surface area contributed by atoms with Gasteiger partial charge in [0.1, 0.15) is 5.76 Å². The highest BCUT2D eigenvalue weighted by Gasteiger charge is 2.39. The number of furan rings is 1. The third kappa shape index (κ3) is 3.25. The lowest BCUT2D eigenvalue weighted by molar-refractivity contribution is 0.0903. The van der Waals surface area contributed by atoms with Gasteiger partial charge in [0.2, 0.25) is 0 Å². The molecule has 4 nitrogen and oxygen atoms in total. The van der Waals surface area contributed by atoms with Crippen LogP contribution < -0.4 is 10.6 Å². The predicted octanol–water partition coefficient (Wildman–Crippen LogP) is 3.64. The zero-order valence-corrected chi connectivity index (χ0v) is 14.0. The minimum absolute atomic E-state index is 0. The minimum Gasteiger partial charge on any atom is -0.451 e. The van der Waals surface area contributed by atoms with Gasteiger partial charge in [-0.3, -0.25) is 4.79 Å². The van der Waals surface area contributed by atoms with Crippen LogP contribution >= 0.6 is 24.0 Å². The number of rotatable bonds is 3. The Morgan fingerprint density at radius 1 is 1.17 bits per heavy atom. The maximum absolute atomic E-state index is 12.3.